The molecule has 2 aromatic rings. The number of halogens is 3. The molecule has 27 heavy (non-hydrogen) atoms. The van der Waals surface area contributed by atoms with Crippen molar-refractivity contribution >= 4 is 17.7 Å². The Morgan fingerprint density at radius 3 is 2.15 bits per heavy atom. The van der Waals surface area contributed by atoms with Gasteiger partial charge < -0.3 is 15.1 Å². The van der Waals surface area contributed by atoms with Crippen molar-refractivity contribution in [3.8, 4) is 0 Å². The summed E-state index contributed by atoms with van der Waals surface area (Å²) < 4.78 is 37.8. The Labute approximate surface area is 154 Å². The molecule has 1 aromatic heterocycles. The summed E-state index contributed by atoms with van der Waals surface area (Å²) in [5, 5.41) is 2.68. The highest BCUT2D eigenvalue weighted by molar-refractivity contribution is 5.89. The predicted octanol–water partition coefficient (Wildman–Crippen LogP) is 3.10. The average Bonchev–Trinajstić information content (AvgIpc) is 3.21. The lowest BCUT2D eigenvalue weighted by atomic mass is 10.0. The molecule has 2 saturated heterocycles. The van der Waals surface area contributed by atoms with Gasteiger partial charge in [-0.3, -0.25) is 0 Å². The van der Waals surface area contributed by atoms with Crippen molar-refractivity contribution in [1.82, 2.24) is 14.9 Å². The van der Waals surface area contributed by atoms with Gasteiger partial charge in [-0.05, 0) is 30.3 Å². The zero-order valence-electron chi connectivity index (χ0n) is 14.4. The molecule has 0 spiro atoms. The molecule has 3 heterocycles. The molecule has 2 atom stereocenters. The number of rotatable bonds is 2. The molecule has 2 fully saturated rings. The predicted molar refractivity (Wildman–Crippen MR) is 93.3 cm³/mol. The topological polar surface area (TPSA) is 61.4 Å². The first kappa shape index (κ1) is 17.6. The molecule has 6 nitrogen and oxygen atoms in total. The number of anilines is 2. The SMILES string of the molecule is O=C(Nc1ccc(C(F)(F)F)cc1)N1CC2CN(c3ncccn3)CC2C1. The standard InChI is InChI=1S/C18H18F3N5O/c19-18(20,21)14-2-4-15(5-3-14)24-17(27)26-10-12-8-25(9-13(12)11-26)16-22-6-1-7-23-16/h1-7,12-13H,8-11H2,(H,24,27). The third-order valence-electron chi connectivity index (χ3n) is 5.07. The first-order valence-corrected chi connectivity index (χ1v) is 8.65. The van der Waals surface area contributed by atoms with Gasteiger partial charge in [0.2, 0.25) is 5.95 Å². The average molecular weight is 377 g/mol. The summed E-state index contributed by atoms with van der Waals surface area (Å²) >= 11 is 0. The van der Waals surface area contributed by atoms with Crippen LogP contribution in [0.25, 0.3) is 0 Å². The van der Waals surface area contributed by atoms with Crippen molar-refractivity contribution in [2.75, 3.05) is 36.4 Å². The van der Waals surface area contributed by atoms with Crippen LogP contribution >= 0.6 is 0 Å². The minimum atomic E-state index is -4.39. The molecule has 1 N–H and O–H groups in total. The van der Waals surface area contributed by atoms with Crippen molar-refractivity contribution < 1.29 is 18.0 Å². The van der Waals surface area contributed by atoms with E-state index in [1.807, 2.05) is 0 Å². The smallest absolute Gasteiger partial charge is 0.340 e. The van der Waals surface area contributed by atoms with E-state index < -0.39 is 11.7 Å². The lowest BCUT2D eigenvalue weighted by Crippen LogP contribution is -2.36. The number of urea groups is 1. The first-order valence-electron chi connectivity index (χ1n) is 8.65. The number of carbonyl (C=O) groups excluding carboxylic acids is 1. The number of alkyl halides is 3. The maximum absolute atomic E-state index is 12.6. The van der Waals surface area contributed by atoms with E-state index in [-0.39, 0.29) is 6.03 Å². The molecule has 2 unspecified atom stereocenters. The molecule has 2 aliphatic rings. The third-order valence-corrected chi connectivity index (χ3v) is 5.07. The van der Waals surface area contributed by atoms with E-state index in [1.165, 1.54) is 12.1 Å². The Balaban J connectivity index is 1.33. The summed E-state index contributed by atoms with van der Waals surface area (Å²) in [7, 11) is 0. The monoisotopic (exact) mass is 377 g/mol. The summed E-state index contributed by atoms with van der Waals surface area (Å²) in [6.45, 7) is 2.80. The summed E-state index contributed by atoms with van der Waals surface area (Å²) in [4.78, 5) is 24.8. The quantitative estimate of drug-likeness (QED) is 0.874. The summed E-state index contributed by atoms with van der Waals surface area (Å²) in [5.41, 5.74) is -0.385. The minimum absolute atomic E-state index is 0.285. The molecule has 9 heteroatoms. The van der Waals surface area contributed by atoms with Crippen molar-refractivity contribution in [2.45, 2.75) is 6.18 Å². The van der Waals surface area contributed by atoms with Crippen LogP contribution in [-0.2, 0) is 6.18 Å². The zero-order chi connectivity index (χ0) is 19.0. The first-order chi connectivity index (χ1) is 12.9. The number of aromatic nitrogens is 2. The molecule has 0 bridgehead atoms. The van der Waals surface area contributed by atoms with Gasteiger partial charge in [0.05, 0.1) is 5.56 Å². The van der Waals surface area contributed by atoms with E-state index in [0.29, 0.717) is 36.6 Å². The Bertz CT molecular complexity index is 798. The van der Waals surface area contributed by atoms with Crippen LogP contribution in [0.4, 0.5) is 29.6 Å². The number of carbonyl (C=O) groups is 1. The normalized spacial score (nSPS) is 22.0. The third kappa shape index (κ3) is 3.67. The maximum atomic E-state index is 12.6. The van der Waals surface area contributed by atoms with Gasteiger partial charge in [0.1, 0.15) is 0 Å². The van der Waals surface area contributed by atoms with Crippen LogP contribution in [0.5, 0.6) is 0 Å². The van der Waals surface area contributed by atoms with Crippen molar-refractivity contribution in [3.05, 3.63) is 48.3 Å². The number of benzene rings is 1. The number of fused-ring (bicyclic) bond motifs is 1. The fourth-order valence-electron chi connectivity index (χ4n) is 3.72. The van der Waals surface area contributed by atoms with Crippen LogP contribution in [0.1, 0.15) is 5.56 Å². The second kappa shape index (κ2) is 6.71. The van der Waals surface area contributed by atoms with E-state index in [1.54, 1.807) is 23.4 Å². The van der Waals surface area contributed by atoms with Crippen molar-refractivity contribution in [2.24, 2.45) is 11.8 Å². The van der Waals surface area contributed by atoms with E-state index >= 15 is 0 Å². The van der Waals surface area contributed by atoms with Gasteiger partial charge >= 0.3 is 12.2 Å². The molecule has 2 amide bonds. The maximum Gasteiger partial charge on any atom is 0.416 e. The summed E-state index contributed by atoms with van der Waals surface area (Å²) in [5.74, 6) is 1.38. The van der Waals surface area contributed by atoms with Crippen LogP contribution in [0.15, 0.2) is 42.7 Å². The lowest BCUT2D eigenvalue weighted by molar-refractivity contribution is -0.137. The van der Waals surface area contributed by atoms with E-state index in [2.05, 4.69) is 20.2 Å². The van der Waals surface area contributed by atoms with Gasteiger partial charge in [-0.2, -0.15) is 13.2 Å². The zero-order valence-corrected chi connectivity index (χ0v) is 14.4. The Morgan fingerprint density at radius 1 is 1.00 bits per heavy atom. The van der Waals surface area contributed by atoms with Crippen LogP contribution in [-0.4, -0.2) is 47.1 Å². The lowest BCUT2D eigenvalue weighted by Gasteiger charge is -2.22. The van der Waals surface area contributed by atoms with Crippen LogP contribution in [0.2, 0.25) is 0 Å². The number of hydrogen-bond donors (Lipinski definition) is 1. The molecule has 1 aromatic carbocycles. The van der Waals surface area contributed by atoms with Crippen LogP contribution < -0.4 is 10.2 Å². The van der Waals surface area contributed by atoms with Gasteiger partial charge in [0.25, 0.3) is 0 Å². The van der Waals surface area contributed by atoms with E-state index in [9.17, 15) is 18.0 Å². The Kier molecular flexibility index (Phi) is 4.37. The Hall–Kier alpha value is -2.84. The fourth-order valence-corrected chi connectivity index (χ4v) is 3.72. The largest absolute Gasteiger partial charge is 0.416 e. The number of nitrogens with one attached hydrogen (secondary N) is 1. The van der Waals surface area contributed by atoms with Crippen LogP contribution in [0, 0.1) is 11.8 Å². The van der Waals surface area contributed by atoms with Crippen LogP contribution in [0.3, 0.4) is 0 Å². The highest BCUT2D eigenvalue weighted by Crippen LogP contribution is 2.33. The second-order valence-corrected chi connectivity index (χ2v) is 6.88. The van der Waals surface area contributed by atoms with Gasteiger partial charge in [-0.15, -0.1) is 0 Å². The molecule has 142 valence electrons. The molecule has 0 saturated carbocycles. The minimum Gasteiger partial charge on any atom is -0.340 e. The highest BCUT2D eigenvalue weighted by Gasteiger charge is 2.42. The molecule has 2 aliphatic heterocycles. The van der Waals surface area contributed by atoms with Gasteiger partial charge in [0.15, 0.2) is 0 Å². The van der Waals surface area contributed by atoms with E-state index in [4.69, 9.17) is 0 Å². The molecular weight excluding hydrogens is 359 g/mol. The van der Waals surface area contributed by atoms with Gasteiger partial charge in [-0.25, -0.2) is 14.8 Å². The number of hydrogen-bond acceptors (Lipinski definition) is 4. The summed E-state index contributed by atoms with van der Waals surface area (Å²) in [6, 6.07) is 5.95. The fraction of sp³-hybridized carbons (Fsp3) is 0.389. The van der Waals surface area contributed by atoms with Crippen molar-refractivity contribution in [3.63, 3.8) is 0 Å². The molecule has 0 aliphatic carbocycles. The summed E-state index contributed by atoms with van der Waals surface area (Å²) in [6.07, 6.45) is -0.968. The molecule has 0 radical (unpaired) electrons. The molecular formula is C18H18F3N5O. The van der Waals surface area contributed by atoms with Crippen molar-refractivity contribution in [1.29, 1.82) is 0 Å². The Morgan fingerprint density at radius 2 is 1.59 bits per heavy atom. The van der Waals surface area contributed by atoms with E-state index in [0.717, 1.165) is 25.2 Å². The number of amides is 2. The second-order valence-electron chi connectivity index (χ2n) is 6.88. The number of nitrogens with zero attached hydrogens (tertiary/aromatic N) is 4. The molecule has 4 rings (SSSR count). The number of likely N-dealkylation sites (tertiary alicyclic amines) is 1. The van der Waals surface area contributed by atoms with Gasteiger partial charge in [-0.1, -0.05) is 0 Å². The van der Waals surface area contributed by atoms with Gasteiger partial charge in [0, 0.05) is 56.1 Å². The highest BCUT2D eigenvalue weighted by atomic mass is 19.4.